The summed E-state index contributed by atoms with van der Waals surface area (Å²) in [5.41, 5.74) is 2.25. The Labute approximate surface area is 474 Å². The second-order valence-corrected chi connectivity index (χ2v) is 21.6. The summed E-state index contributed by atoms with van der Waals surface area (Å²) in [4.78, 5) is 69.2. The zero-order valence-electron chi connectivity index (χ0n) is 45.9. The third-order valence-electron chi connectivity index (χ3n) is 14.8. The van der Waals surface area contributed by atoms with E-state index in [0.29, 0.717) is 86.2 Å². The average molecular weight is 1140 g/mol. The number of oxazole rings is 1. The number of anilines is 2. The Morgan fingerprint density at radius 1 is 0.840 bits per heavy atom. The number of nitrogens with zero attached hydrogens (tertiary/aromatic N) is 6. The van der Waals surface area contributed by atoms with Gasteiger partial charge >= 0.3 is 0 Å². The summed E-state index contributed by atoms with van der Waals surface area (Å²) >= 11 is 1.38. The van der Waals surface area contributed by atoms with Gasteiger partial charge in [0.05, 0.1) is 62.7 Å². The largest absolute Gasteiger partial charge is 0.491 e. The number of likely N-dealkylation sites (tertiary alicyclic amines) is 1. The van der Waals surface area contributed by atoms with E-state index in [0.717, 1.165) is 81.3 Å². The molecule has 3 fully saturated rings. The van der Waals surface area contributed by atoms with Crippen molar-refractivity contribution in [2.75, 3.05) is 77.0 Å². The zero-order valence-corrected chi connectivity index (χ0v) is 46.7. The highest BCUT2D eigenvalue weighted by atomic mass is 32.1. The van der Waals surface area contributed by atoms with Crippen LogP contribution in [0.4, 0.5) is 20.3 Å². The number of unbranched alkanes of at least 4 members (excludes halogenated alkanes) is 1. The van der Waals surface area contributed by atoms with Gasteiger partial charge in [-0.1, -0.05) is 43.5 Å². The number of hydrogen-bond donors (Lipinski definition) is 4. The lowest BCUT2D eigenvalue weighted by Gasteiger charge is -2.35. The molecule has 19 nitrogen and oxygen atoms in total. The molecule has 22 heteroatoms. The van der Waals surface area contributed by atoms with Crippen LogP contribution >= 0.6 is 11.3 Å². The molecule has 1 aliphatic heterocycles. The van der Waals surface area contributed by atoms with E-state index < -0.39 is 30.1 Å². The van der Waals surface area contributed by atoms with Crippen LogP contribution in [0.1, 0.15) is 133 Å². The minimum absolute atomic E-state index is 0.0680. The van der Waals surface area contributed by atoms with Gasteiger partial charge in [0.15, 0.2) is 11.4 Å². The first-order valence-electron chi connectivity index (χ1n) is 28.2. The maximum atomic E-state index is 14.2. The van der Waals surface area contributed by atoms with Gasteiger partial charge in [0.25, 0.3) is 12.3 Å². The highest BCUT2D eigenvalue weighted by molar-refractivity contribution is 7.10. The summed E-state index contributed by atoms with van der Waals surface area (Å²) in [6, 6.07) is 16.7. The number of aromatic nitrogens is 5. The molecule has 3 aliphatic rings. The van der Waals surface area contributed by atoms with Crippen LogP contribution in [0.3, 0.4) is 0 Å². The normalized spacial score (nSPS) is 16.4. The molecule has 6 aromatic rings. The summed E-state index contributed by atoms with van der Waals surface area (Å²) in [7, 11) is 1.73. The van der Waals surface area contributed by atoms with Crippen LogP contribution in [0.5, 0.6) is 5.75 Å². The van der Waals surface area contributed by atoms with Crippen LogP contribution in [-0.4, -0.2) is 132 Å². The number of halogens is 2. The van der Waals surface area contributed by atoms with Gasteiger partial charge in [-0.15, -0.1) is 11.3 Å². The number of likely N-dealkylation sites (N-methyl/N-ethyl adjacent to an activating group) is 1. The Morgan fingerprint density at radius 2 is 1.60 bits per heavy atom. The fraction of sp³-hybridized carbons (Fsp3) is 0.492. The molecular weight excluding hydrogens is 1060 g/mol. The molecule has 3 atom stereocenters. The molecule has 0 unspecified atom stereocenters. The topological polar surface area (TPSA) is 226 Å². The lowest BCUT2D eigenvalue weighted by Crippen LogP contribution is -2.55. The van der Waals surface area contributed by atoms with Gasteiger partial charge in [0.1, 0.15) is 41.2 Å². The van der Waals surface area contributed by atoms with E-state index in [4.69, 9.17) is 28.3 Å². The van der Waals surface area contributed by atoms with Crippen molar-refractivity contribution < 1.29 is 51.3 Å². The van der Waals surface area contributed by atoms with Crippen molar-refractivity contribution in [1.82, 2.24) is 40.3 Å². The standard InChI is InChI=1S/C59H72F2N10O9S/c1-38(62-2)55(73)68-51(41-11-4-3-5-12-41)59(75)70-24-9-15-49(70)58-67-48(37-81-58)53(72)42-13-8-14-45(32-42)79-31-30-78-29-28-77-27-26-76-25-7-6-10-39-18-20-44(21-19-39)71-35-46(52(69-71)54(60)61)65-56(74)47-36-80-57(66-47)43-22-23-63-50(33-43)64-34-40-16-17-40/h8,13-14,18-23,32-33,35-38,40-41,49,51,54,62H,3-7,9-12,15-17,24-31,34H2,1-2H3,(H,63,64)(H,65,74)(H,68,73)/t38-,49-,51-/m0/s1. The number of pyridine rings is 1. The number of ether oxygens (including phenoxy) is 4. The highest BCUT2D eigenvalue weighted by Crippen LogP contribution is 2.37. The lowest BCUT2D eigenvalue weighted by atomic mass is 9.83. The number of hydrogen-bond acceptors (Lipinski definition) is 16. The SMILES string of the molecule is CN[C@@H](C)C(=O)N[C@H](C(=O)N1CCC[C@H]1c1nc(C(=O)c2cccc(OCCOCCOCCOCCCCc3ccc(-n4cc(NC(=O)c5coc(-c6ccnc(NCC7CC7)c6)n5)c(C(F)F)n4)cc3)c2)cs1)C1CCCCC1. The number of nitrogens with one attached hydrogen (secondary N) is 4. The maximum absolute atomic E-state index is 14.2. The predicted molar refractivity (Wildman–Crippen MR) is 301 cm³/mol. The van der Waals surface area contributed by atoms with Crippen LogP contribution < -0.4 is 26.0 Å². The van der Waals surface area contributed by atoms with Crippen molar-refractivity contribution in [2.24, 2.45) is 11.8 Å². The molecule has 4 N–H and O–H groups in total. The van der Waals surface area contributed by atoms with Crippen LogP contribution in [-0.2, 0) is 30.2 Å². The fourth-order valence-corrected chi connectivity index (χ4v) is 10.9. The summed E-state index contributed by atoms with van der Waals surface area (Å²) in [5, 5.41) is 18.4. The molecule has 5 heterocycles. The molecule has 2 saturated carbocycles. The van der Waals surface area contributed by atoms with Crippen molar-refractivity contribution in [3.05, 3.63) is 118 Å². The van der Waals surface area contributed by atoms with Crippen molar-refractivity contribution in [3.8, 4) is 22.9 Å². The minimum atomic E-state index is -2.93. The Hall–Kier alpha value is -6.98. The first kappa shape index (κ1) is 58.7. The first-order chi connectivity index (χ1) is 39.5. The molecule has 4 aromatic heterocycles. The lowest BCUT2D eigenvalue weighted by molar-refractivity contribution is -0.139. The van der Waals surface area contributed by atoms with E-state index in [9.17, 15) is 28.0 Å². The number of alkyl halides is 2. The highest BCUT2D eigenvalue weighted by Gasteiger charge is 2.40. The van der Waals surface area contributed by atoms with Gasteiger partial charge in [-0.05, 0) is 126 Å². The van der Waals surface area contributed by atoms with E-state index in [1.165, 1.54) is 41.3 Å². The van der Waals surface area contributed by atoms with Gasteiger partial charge in [-0.25, -0.2) is 28.4 Å². The second-order valence-electron chi connectivity index (χ2n) is 20.7. The Balaban J connectivity index is 0.624. The van der Waals surface area contributed by atoms with E-state index >= 15 is 0 Å². The molecule has 0 radical (unpaired) electrons. The van der Waals surface area contributed by atoms with Crippen molar-refractivity contribution in [2.45, 2.75) is 109 Å². The number of thiazole rings is 1. The summed E-state index contributed by atoms with van der Waals surface area (Å²) in [6.45, 7) is 6.04. The number of amides is 3. The van der Waals surface area contributed by atoms with Crippen LogP contribution in [0.15, 0.2) is 89.1 Å². The molecule has 0 spiro atoms. The molecule has 432 valence electrons. The number of carbonyl (C=O) groups excluding carboxylic acids is 4. The van der Waals surface area contributed by atoms with E-state index in [2.05, 4.69) is 36.3 Å². The average Bonchev–Trinajstić information content (AvgIpc) is 3.98. The monoisotopic (exact) mass is 1130 g/mol. The van der Waals surface area contributed by atoms with Gasteiger partial charge in [0.2, 0.25) is 23.5 Å². The number of aryl methyl sites for hydroxylation is 1. The van der Waals surface area contributed by atoms with E-state index in [-0.39, 0.29) is 53.4 Å². The van der Waals surface area contributed by atoms with Gasteiger partial charge < -0.3 is 49.5 Å². The molecular formula is C59H72F2N10O9S. The Bertz CT molecular complexity index is 3020. The minimum Gasteiger partial charge on any atom is -0.491 e. The molecule has 1 saturated heterocycles. The summed E-state index contributed by atoms with van der Waals surface area (Å²) < 4.78 is 58.1. The molecule has 9 rings (SSSR count). The van der Waals surface area contributed by atoms with Crippen molar-refractivity contribution >= 4 is 46.3 Å². The predicted octanol–water partition coefficient (Wildman–Crippen LogP) is 9.41. The summed E-state index contributed by atoms with van der Waals surface area (Å²) in [5.74, 6) is 0.962. The van der Waals surface area contributed by atoms with Crippen LogP contribution in [0.2, 0.25) is 0 Å². The van der Waals surface area contributed by atoms with E-state index in [1.807, 2.05) is 17.0 Å². The van der Waals surface area contributed by atoms with Crippen molar-refractivity contribution in [1.29, 1.82) is 0 Å². The number of rotatable bonds is 31. The number of benzene rings is 2. The fourth-order valence-electron chi connectivity index (χ4n) is 9.96. The second kappa shape index (κ2) is 29.1. The molecule has 0 bridgehead atoms. The molecule has 81 heavy (non-hydrogen) atoms. The summed E-state index contributed by atoms with van der Waals surface area (Å²) in [6.07, 6.45) is 12.8. The first-order valence-corrected chi connectivity index (χ1v) is 29.1. The maximum Gasteiger partial charge on any atom is 0.284 e. The van der Waals surface area contributed by atoms with Gasteiger partial charge in [0, 0.05) is 42.4 Å². The van der Waals surface area contributed by atoms with Gasteiger partial charge in [-0.2, -0.15) is 5.10 Å². The van der Waals surface area contributed by atoms with Gasteiger partial charge in [-0.3, -0.25) is 19.2 Å². The van der Waals surface area contributed by atoms with Crippen LogP contribution in [0, 0.1) is 11.8 Å². The Kier molecular flexibility index (Phi) is 21.1. The molecule has 2 aromatic carbocycles. The smallest absolute Gasteiger partial charge is 0.284 e. The number of ketones is 1. The molecule has 2 aliphatic carbocycles. The van der Waals surface area contributed by atoms with Crippen molar-refractivity contribution in [3.63, 3.8) is 0 Å². The molecule has 3 amide bonds. The quantitative estimate of drug-likeness (QED) is 0.0235. The Morgan fingerprint density at radius 3 is 2.36 bits per heavy atom. The van der Waals surface area contributed by atoms with E-state index in [1.54, 1.807) is 74.1 Å². The zero-order chi connectivity index (χ0) is 56.5. The van der Waals surface area contributed by atoms with Crippen LogP contribution in [0.25, 0.3) is 17.1 Å². The number of carbonyl (C=O) groups is 4. The third kappa shape index (κ3) is 16.4. The third-order valence-corrected chi connectivity index (χ3v) is 15.8.